The minimum absolute atomic E-state index is 0.00914. The number of aromatic nitrogens is 1. The number of carbonyl (C=O) groups excluding carboxylic acids is 2. The Morgan fingerprint density at radius 3 is 2.48 bits per heavy atom. The number of nitrogens with zero attached hydrogens (tertiary/aromatic N) is 2. The molecule has 2 aromatic rings. The van der Waals surface area contributed by atoms with Crippen LogP contribution in [0, 0.1) is 11.3 Å². The Bertz CT molecular complexity index is 932. The largest absolute Gasteiger partial charge is 0.508 e. The number of phenolic OH excluding ortho intramolecular Hbond substituents is 1. The molecule has 0 unspecified atom stereocenters. The second kappa shape index (κ2) is 10.3. The summed E-state index contributed by atoms with van der Waals surface area (Å²) in [6.07, 6.45) is 4.69. The first-order valence-corrected chi connectivity index (χ1v) is 10.1. The quantitative estimate of drug-likeness (QED) is 0.533. The normalized spacial score (nSPS) is 18.9. The van der Waals surface area contributed by atoms with Crippen LogP contribution in [-0.4, -0.2) is 40.2 Å². The number of amides is 3. The lowest BCUT2D eigenvalue weighted by Gasteiger charge is -2.30. The van der Waals surface area contributed by atoms with Crippen LogP contribution in [0.4, 0.5) is 4.79 Å². The van der Waals surface area contributed by atoms with Gasteiger partial charge in [-0.1, -0.05) is 12.1 Å². The maximum atomic E-state index is 12.8. The number of rotatable bonds is 7. The SMILES string of the molecule is N#Cc1ccc(OC2CCC(NC(=O)[C@H](Cc3ccc(O)cc3)NC(N)=O)CC2)nc1. The van der Waals surface area contributed by atoms with Crippen LogP contribution in [0.15, 0.2) is 42.6 Å². The number of carbonyl (C=O) groups is 2. The number of hydrogen-bond donors (Lipinski definition) is 4. The molecule has 1 aromatic carbocycles. The van der Waals surface area contributed by atoms with E-state index in [1.807, 2.05) is 6.07 Å². The molecule has 1 aliphatic rings. The van der Waals surface area contributed by atoms with E-state index in [0.29, 0.717) is 11.4 Å². The highest BCUT2D eigenvalue weighted by molar-refractivity contribution is 5.87. The number of urea groups is 1. The summed E-state index contributed by atoms with van der Waals surface area (Å²) in [5.41, 5.74) is 6.51. The van der Waals surface area contributed by atoms with Crippen molar-refractivity contribution in [1.29, 1.82) is 5.26 Å². The fraction of sp³-hybridized carbons (Fsp3) is 0.364. The third-order valence-electron chi connectivity index (χ3n) is 5.18. The molecule has 1 heterocycles. The number of benzene rings is 1. The molecule has 0 aliphatic heterocycles. The highest BCUT2D eigenvalue weighted by Crippen LogP contribution is 2.23. The molecule has 0 bridgehead atoms. The predicted octanol–water partition coefficient (Wildman–Crippen LogP) is 1.74. The van der Waals surface area contributed by atoms with Crippen LogP contribution in [0.25, 0.3) is 0 Å². The topological polar surface area (TPSA) is 150 Å². The lowest BCUT2D eigenvalue weighted by atomic mass is 9.92. The van der Waals surface area contributed by atoms with Gasteiger partial charge in [0.2, 0.25) is 11.8 Å². The molecular weight excluding hydrogens is 398 g/mol. The maximum absolute atomic E-state index is 12.8. The van der Waals surface area contributed by atoms with E-state index in [1.54, 1.807) is 24.3 Å². The number of nitriles is 1. The minimum Gasteiger partial charge on any atom is -0.508 e. The van der Waals surface area contributed by atoms with Gasteiger partial charge in [0.05, 0.1) is 5.56 Å². The molecule has 9 heteroatoms. The molecule has 1 atom stereocenters. The lowest BCUT2D eigenvalue weighted by molar-refractivity contribution is -0.124. The smallest absolute Gasteiger partial charge is 0.312 e. The second-order valence-electron chi connectivity index (χ2n) is 7.53. The Labute approximate surface area is 180 Å². The zero-order valence-corrected chi connectivity index (χ0v) is 17.0. The zero-order valence-electron chi connectivity index (χ0n) is 17.0. The van der Waals surface area contributed by atoms with Crippen LogP contribution < -0.4 is 21.1 Å². The van der Waals surface area contributed by atoms with Crippen LogP contribution in [-0.2, 0) is 11.2 Å². The van der Waals surface area contributed by atoms with E-state index in [-0.39, 0.29) is 30.2 Å². The molecule has 162 valence electrons. The average molecular weight is 423 g/mol. The van der Waals surface area contributed by atoms with Crippen molar-refractivity contribution >= 4 is 11.9 Å². The standard InChI is InChI=1S/C22H25N5O4/c23-12-15-3-10-20(25-13-15)31-18-8-4-16(5-9-18)26-21(29)19(27-22(24)30)11-14-1-6-17(28)7-2-14/h1-3,6-7,10,13,16,18-19,28H,4-5,8-9,11H2,(H,26,29)(H3,24,27,30)/t16?,18?,19-/m0/s1. The van der Waals surface area contributed by atoms with Crippen molar-refractivity contribution < 1.29 is 19.4 Å². The molecule has 31 heavy (non-hydrogen) atoms. The minimum atomic E-state index is -0.807. The van der Waals surface area contributed by atoms with E-state index in [1.165, 1.54) is 18.3 Å². The van der Waals surface area contributed by atoms with Gasteiger partial charge in [0, 0.05) is 24.7 Å². The molecule has 1 aromatic heterocycles. The molecular formula is C22H25N5O4. The summed E-state index contributed by atoms with van der Waals surface area (Å²) in [5, 5.41) is 23.7. The maximum Gasteiger partial charge on any atom is 0.312 e. The summed E-state index contributed by atoms with van der Waals surface area (Å²) in [6, 6.07) is 10.2. The molecule has 0 saturated heterocycles. The Morgan fingerprint density at radius 1 is 1.19 bits per heavy atom. The summed E-state index contributed by atoms with van der Waals surface area (Å²) in [4.78, 5) is 28.2. The lowest BCUT2D eigenvalue weighted by Crippen LogP contribution is -2.52. The van der Waals surface area contributed by atoms with Crippen molar-refractivity contribution in [3.8, 4) is 17.7 Å². The Balaban J connectivity index is 1.50. The van der Waals surface area contributed by atoms with Crippen molar-refractivity contribution in [3.05, 3.63) is 53.7 Å². The van der Waals surface area contributed by atoms with Gasteiger partial charge >= 0.3 is 6.03 Å². The molecule has 5 N–H and O–H groups in total. The van der Waals surface area contributed by atoms with E-state index >= 15 is 0 Å². The summed E-state index contributed by atoms with van der Waals surface area (Å²) >= 11 is 0. The molecule has 3 amide bonds. The van der Waals surface area contributed by atoms with Crippen LogP contribution in [0.5, 0.6) is 11.6 Å². The number of hydrogen-bond acceptors (Lipinski definition) is 6. The molecule has 9 nitrogen and oxygen atoms in total. The fourth-order valence-corrected chi connectivity index (χ4v) is 3.56. The fourth-order valence-electron chi connectivity index (χ4n) is 3.56. The first kappa shape index (κ1) is 21.9. The molecule has 1 fully saturated rings. The average Bonchev–Trinajstić information content (AvgIpc) is 2.76. The van der Waals surface area contributed by atoms with Gasteiger partial charge in [0.25, 0.3) is 0 Å². The van der Waals surface area contributed by atoms with Gasteiger partial charge < -0.3 is 26.2 Å². The number of aromatic hydroxyl groups is 1. The van der Waals surface area contributed by atoms with Crippen LogP contribution in [0.3, 0.4) is 0 Å². The van der Waals surface area contributed by atoms with Gasteiger partial charge in [-0.25, -0.2) is 9.78 Å². The Hall–Kier alpha value is -3.80. The van der Waals surface area contributed by atoms with E-state index in [9.17, 15) is 14.7 Å². The summed E-state index contributed by atoms with van der Waals surface area (Å²) in [7, 11) is 0. The molecule has 1 saturated carbocycles. The van der Waals surface area contributed by atoms with Crippen LogP contribution in [0.1, 0.15) is 36.8 Å². The Kier molecular flexibility index (Phi) is 7.27. The number of nitrogens with one attached hydrogen (secondary N) is 2. The number of ether oxygens (including phenoxy) is 1. The zero-order chi connectivity index (χ0) is 22.2. The van der Waals surface area contributed by atoms with Crippen molar-refractivity contribution in [2.24, 2.45) is 5.73 Å². The van der Waals surface area contributed by atoms with E-state index < -0.39 is 12.1 Å². The first-order valence-electron chi connectivity index (χ1n) is 10.1. The van der Waals surface area contributed by atoms with Gasteiger partial charge in [0.1, 0.15) is 24.0 Å². The van der Waals surface area contributed by atoms with Gasteiger partial charge in [-0.3, -0.25) is 4.79 Å². The van der Waals surface area contributed by atoms with E-state index in [4.69, 9.17) is 15.7 Å². The van der Waals surface area contributed by atoms with E-state index in [2.05, 4.69) is 15.6 Å². The van der Waals surface area contributed by atoms with Crippen molar-refractivity contribution in [1.82, 2.24) is 15.6 Å². The third-order valence-corrected chi connectivity index (χ3v) is 5.18. The number of pyridine rings is 1. The number of primary amides is 1. The highest BCUT2D eigenvalue weighted by atomic mass is 16.5. The molecule has 1 aliphatic carbocycles. The van der Waals surface area contributed by atoms with Crippen LogP contribution >= 0.6 is 0 Å². The van der Waals surface area contributed by atoms with E-state index in [0.717, 1.165) is 31.2 Å². The monoisotopic (exact) mass is 423 g/mol. The van der Waals surface area contributed by atoms with Gasteiger partial charge in [0.15, 0.2) is 0 Å². The second-order valence-corrected chi connectivity index (χ2v) is 7.53. The van der Waals surface area contributed by atoms with Gasteiger partial charge in [-0.2, -0.15) is 5.26 Å². The molecule has 3 rings (SSSR count). The van der Waals surface area contributed by atoms with Crippen molar-refractivity contribution in [2.45, 2.75) is 50.3 Å². The summed E-state index contributed by atoms with van der Waals surface area (Å²) in [5.74, 6) is 0.305. The molecule has 0 radical (unpaired) electrons. The summed E-state index contributed by atoms with van der Waals surface area (Å²) < 4.78 is 5.87. The summed E-state index contributed by atoms with van der Waals surface area (Å²) in [6.45, 7) is 0. The van der Waals surface area contributed by atoms with Crippen molar-refractivity contribution in [3.63, 3.8) is 0 Å². The number of nitrogens with two attached hydrogens (primary N) is 1. The highest BCUT2D eigenvalue weighted by Gasteiger charge is 2.27. The first-order chi connectivity index (χ1) is 14.9. The Morgan fingerprint density at radius 2 is 1.90 bits per heavy atom. The third kappa shape index (κ3) is 6.60. The van der Waals surface area contributed by atoms with Crippen molar-refractivity contribution in [2.75, 3.05) is 0 Å². The number of phenols is 1. The van der Waals surface area contributed by atoms with Gasteiger partial charge in [-0.15, -0.1) is 0 Å². The van der Waals surface area contributed by atoms with Crippen LogP contribution in [0.2, 0.25) is 0 Å². The predicted molar refractivity (Wildman–Crippen MR) is 112 cm³/mol. The van der Waals surface area contributed by atoms with Gasteiger partial charge in [-0.05, 0) is 49.4 Å². The molecule has 0 spiro atoms.